The van der Waals surface area contributed by atoms with Crippen LogP contribution in [-0.4, -0.2) is 25.0 Å². The van der Waals surface area contributed by atoms with Gasteiger partial charge in [-0.3, -0.25) is 9.59 Å². The number of nitrogens with zero attached hydrogens (tertiary/aromatic N) is 1. The second-order valence-corrected chi connectivity index (χ2v) is 7.17. The molecule has 1 aliphatic rings. The SMILES string of the molecule is O=C(CCOc1ccccc1-c1ccccc1)Nc1ccccc1N1CCCC1=O. The Morgan fingerprint density at radius 2 is 1.67 bits per heavy atom. The molecule has 0 aromatic heterocycles. The van der Waals surface area contributed by atoms with Crippen LogP contribution in [0.5, 0.6) is 5.75 Å². The molecule has 3 aromatic rings. The van der Waals surface area contributed by atoms with Gasteiger partial charge in [-0.25, -0.2) is 0 Å². The number of nitrogens with one attached hydrogen (secondary N) is 1. The van der Waals surface area contributed by atoms with Crippen molar-refractivity contribution in [3.63, 3.8) is 0 Å². The van der Waals surface area contributed by atoms with Crippen LogP contribution in [0.25, 0.3) is 11.1 Å². The van der Waals surface area contributed by atoms with Gasteiger partial charge >= 0.3 is 0 Å². The third-order valence-corrected chi connectivity index (χ3v) is 5.10. The molecule has 0 atom stereocenters. The summed E-state index contributed by atoms with van der Waals surface area (Å²) in [5.74, 6) is 0.698. The Morgan fingerprint density at radius 1 is 0.933 bits per heavy atom. The number of anilines is 2. The van der Waals surface area contributed by atoms with Crippen LogP contribution in [-0.2, 0) is 9.59 Å². The fourth-order valence-corrected chi connectivity index (χ4v) is 3.63. The summed E-state index contributed by atoms with van der Waals surface area (Å²) < 4.78 is 5.92. The number of ether oxygens (including phenoxy) is 1. The molecule has 5 nitrogen and oxygen atoms in total. The zero-order valence-electron chi connectivity index (χ0n) is 16.7. The number of hydrogen-bond donors (Lipinski definition) is 1. The van der Waals surface area contributed by atoms with Crippen molar-refractivity contribution in [3.05, 3.63) is 78.9 Å². The maximum Gasteiger partial charge on any atom is 0.227 e. The third-order valence-electron chi connectivity index (χ3n) is 5.10. The maximum absolute atomic E-state index is 12.5. The van der Waals surface area contributed by atoms with E-state index >= 15 is 0 Å². The van der Waals surface area contributed by atoms with Crippen molar-refractivity contribution in [1.29, 1.82) is 0 Å². The van der Waals surface area contributed by atoms with Gasteiger partial charge in [0.25, 0.3) is 0 Å². The lowest BCUT2D eigenvalue weighted by Crippen LogP contribution is -2.25. The number of rotatable bonds is 7. The first-order valence-electron chi connectivity index (χ1n) is 10.2. The van der Waals surface area contributed by atoms with Crippen LogP contribution < -0.4 is 15.0 Å². The quantitative estimate of drug-likeness (QED) is 0.614. The van der Waals surface area contributed by atoms with Gasteiger partial charge in [0.2, 0.25) is 11.8 Å². The molecule has 4 rings (SSSR count). The zero-order chi connectivity index (χ0) is 20.8. The van der Waals surface area contributed by atoms with E-state index in [9.17, 15) is 9.59 Å². The van der Waals surface area contributed by atoms with Crippen molar-refractivity contribution >= 4 is 23.2 Å². The number of para-hydroxylation sites is 3. The highest BCUT2D eigenvalue weighted by Crippen LogP contribution is 2.31. The minimum absolute atomic E-state index is 0.0950. The summed E-state index contributed by atoms with van der Waals surface area (Å²) in [6.45, 7) is 0.950. The fraction of sp³-hybridized carbons (Fsp3) is 0.200. The van der Waals surface area contributed by atoms with Gasteiger partial charge in [0.15, 0.2) is 0 Å². The molecule has 1 fully saturated rings. The number of amides is 2. The molecular formula is C25H24N2O3. The van der Waals surface area contributed by atoms with Gasteiger partial charge in [0.1, 0.15) is 5.75 Å². The van der Waals surface area contributed by atoms with E-state index in [1.54, 1.807) is 4.90 Å². The van der Waals surface area contributed by atoms with Gasteiger partial charge in [-0.15, -0.1) is 0 Å². The molecule has 0 bridgehead atoms. The Labute approximate surface area is 176 Å². The van der Waals surface area contributed by atoms with E-state index in [-0.39, 0.29) is 24.8 Å². The van der Waals surface area contributed by atoms with E-state index in [1.807, 2.05) is 78.9 Å². The predicted octanol–water partition coefficient (Wildman–Crippen LogP) is 4.89. The predicted molar refractivity (Wildman–Crippen MR) is 119 cm³/mol. The lowest BCUT2D eigenvalue weighted by atomic mass is 10.1. The second-order valence-electron chi connectivity index (χ2n) is 7.17. The Kier molecular flexibility index (Phi) is 6.09. The van der Waals surface area contributed by atoms with Gasteiger partial charge in [0, 0.05) is 18.5 Å². The van der Waals surface area contributed by atoms with E-state index in [4.69, 9.17) is 4.74 Å². The molecule has 3 aromatic carbocycles. The lowest BCUT2D eigenvalue weighted by Gasteiger charge is -2.20. The molecular weight excluding hydrogens is 376 g/mol. The molecule has 1 aliphatic heterocycles. The Hall–Kier alpha value is -3.60. The van der Waals surface area contributed by atoms with Gasteiger partial charge < -0.3 is 15.0 Å². The average Bonchev–Trinajstić information content (AvgIpc) is 3.21. The molecule has 0 spiro atoms. The first-order valence-corrected chi connectivity index (χ1v) is 10.2. The summed E-state index contributed by atoms with van der Waals surface area (Å²) >= 11 is 0. The van der Waals surface area contributed by atoms with Gasteiger partial charge in [-0.2, -0.15) is 0 Å². The van der Waals surface area contributed by atoms with Gasteiger partial charge in [-0.05, 0) is 30.2 Å². The first kappa shape index (κ1) is 19.7. The molecule has 2 amide bonds. The van der Waals surface area contributed by atoms with Crippen molar-refractivity contribution in [2.45, 2.75) is 19.3 Å². The monoisotopic (exact) mass is 400 g/mol. The second kappa shape index (κ2) is 9.27. The van der Waals surface area contributed by atoms with Crippen LogP contribution in [0.2, 0.25) is 0 Å². The van der Waals surface area contributed by atoms with Crippen LogP contribution in [0.15, 0.2) is 78.9 Å². The molecule has 1 saturated heterocycles. The number of benzene rings is 3. The van der Waals surface area contributed by atoms with E-state index in [1.165, 1.54) is 0 Å². The highest BCUT2D eigenvalue weighted by Gasteiger charge is 2.24. The van der Waals surface area contributed by atoms with Crippen LogP contribution in [0.4, 0.5) is 11.4 Å². The van der Waals surface area contributed by atoms with Crippen LogP contribution in [0.3, 0.4) is 0 Å². The van der Waals surface area contributed by atoms with Gasteiger partial charge in [-0.1, -0.05) is 60.7 Å². The molecule has 0 saturated carbocycles. The number of carbonyl (C=O) groups excluding carboxylic acids is 2. The topological polar surface area (TPSA) is 58.6 Å². The standard InChI is InChI=1S/C25H24N2O3/c28-24(26-21-12-5-6-13-22(21)27-17-8-15-25(27)29)16-18-30-23-14-7-4-11-20(23)19-9-2-1-3-10-19/h1-7,9-14H,8,15-18H2,(H,26,28). The Balaban J connectivity index is 1.38. The number of carbonyl (C=O) groups is 2. The molecule has 1 N–H and O–H groups in total. The molecule has 5 heteroatoms. The Bertz CT molecular complexity index is 1030. The van der Waals surface area contributed by atoms with Crippen LogP contribution in [0.1, 0.15) is 19.3 Å². The van der Waals surface area contributed by atoms with Crippen LogP contribution in [0, 0.1) is 0 Å². The normalized spacial score (nSPS) is 13.3. The molecule has 1 heterocycles. The smallest absolute Gasteiger partial charge is 0.227 e. The maximum atomic E-state index is 12.5. The minimum atomic E-state index is -0.147. The van der Waals surface area contributed by atoms with Crippen LogP contribution >= 0.6 is 0 Å². The van der Waals surface area contributed by atoms with Crippen molar-refractivity contribution in [2.24, 2.45) is 0 Å². The van der Waals surface area contributed by atoms with Crippen molar-refractivity contribution in [3.8, 4) is 16.9 Å². The van der Waals surface area contributed by atoms with Crippen molar-refractivity contribution in [2.75, 3.05) is 23.4 Å². The highest BCUT2D eigenvalue weighted by atomic mass is 16.5. The minimum Gasteiger partial charge on any atom is -0.492 e. The van der Waals surface area contributed by atoms with E-state index < -0.39 is 0 Å². The molecule has 0 radical (unpaired) electrons. The highest BCUT2D eigenvalue weighted by molar-refractivity contribution is 6.02. The van der Waals surface area contributed by atoms with E-state index in [0.29, 0.717) is 18.7 Å². The lowest BCUT2D eigenvalue weighted by molar-refractivity contribution is -0.117. The van der Waals surface area contributed by atoms with Gasteiger partial charge in [0.05, 0.1) is 24.4 Å². The van der Waals surface area contributed by atoms with E-state index in [0.717, 1.165) is 29.0 Å². The summed E-state index contributed by atoms with van der Waals surface area (Å²) in [4.78, 5) is 26.3. The van der Waals surface area contributed by atoms with Crippen molar-refractivity contribution in [1.82, 2.24) is 0 Å². The zero-order valence-corrected chi connectivity index (χ0v) is 16.7. The molecule has 152 valence electrons. The van der Waals surface area contributed by atoms with Crippen molar-refractivity contribution < 1.29 is 14.3 Å². The third kappa shape index (κ3) is 4.51. The average molecular weight is 400 g/mol. The molecule has 0 unspecified atom stereocenters. The summed E-state index contributed by atoms with van der Waals surface area (Å²) in [6, 6.07) is 25.3. The Morgan fingerprint density at radius 3 is 2.47 bits per heavy atom. The summed E-state index contributed by atoms with van der Waals surface area (Å²) in [6.07, 6.45) is 1.61. The largest absolute Gasteiger partial charge is 0.492 e. The van der Waals surface area contributed by atoms with E-state index in [2.05, 4.69) is 5.32 Å². The number of hydrogen-bond acceptors (Lipinski definition) is 3. The summed E-state index contributed by atoms with van der Waals surface area (Å²) in [5, 5.41) is 2.93. The first-order chi connectivity index (χ1) is 14.7. The molecule has 30 heavy (non-hydrogen) atoms. The molecule has 0 aliphatic carbocycles. The summed E-state index contributed by atoms with van der Waals surface area (Å²) in [7, 11) is 0. The summed E-state index contributed by atoms with van der Waals surface area (Å²) in [5.41, 5.74) is 3.48. The fourth-order valence-electron chi connectivity index (χ4n) is 3.63.